The fourth-order valence-corrected chi connectivity index (χ4v) is 3.92. The number of aliphatic imine (C=N–C) groups is 1. The largest absolute Gasteiger partial charge is 0.352 e. The number of benzene rings is 1. The Morgan fingerprint density at radius 1 is 1.07 bits per heavy atom. The SMILES string of the molecule is CN=C(NCc1ccc(Cl)cc1)N1CCN(C(C)C(=O)N2CCCC2)CC1. The highest BCUT2D eigenvalue weighted by Gasteiger charge is 2.30. The molecule has 2 fully saturated rings. The predicted molar refractivity (Wildman–Crippen MR) is 110 cm³/mol. The zero-order valence-electron chi connectivity index (χ0n) is 16.3. The molecule has 1 aromatic carbocycles. The van der Waals surface area contributed by atoms with Crippen molar-refractivity contribution in [3.8, 4) is 0 Å². The Kier molecular flexibility index (Phi) is 6.96. The van der Waals surface area contributed by atoms with Gasteiger partial charge in [0.05, 0.1) is 6.04 Å². The van der Waals surface area contributed by atoms with E-state index < -0.39 is 0 Å². The van der Waals surface area contributed by atoms with Crippen LogP contribution >= 0.6 is 11.6 Å². The molecule has 27 heavy (non-hydrogen) atoms. The van der Waals surface area contributed by atoms with Gasteiger partial charge in [-0.2, -0.15) is 0 Å². The number of guanidine groups is 1. The monoisotopic (exact) mass is 391 g/mol. The van der Waals surface area contributed by atoms with E-state index in [1.165, 1.54) is 5.56 Å². The van der Waals surface area contributed by atoms with Crippen molar-refractivity contribution in [3.05, 3.63) is 34.9 Å². The maximum absolute atomic E-state index is 12.6. The Morgan fingerprint density at radius 3 is 2.30 bits per heavy atom. The summed E-state index contributed by atoms with van der Waals surface area (Å²) < 4.78 is 0. The van der Waals surface area contributed by atoms with Crippen LogP contribution in [-0.2, 0) is 11.3 Å². The second kappa shape index (κ2) is 9.42. The average molecular weight is 392 g/mol. The van der Waals surface area contributed by atoms with Crippen molar-refractivity contribution in [2.24, 2.45) is 4.99 Å². The molecule has 0 spiro atoms. The van der Waals surface area contributed by atoms with Gasteiger partial charge in [-0.25, -0.2) is 0 Å². The van der Waals surface area contributed by atoms with Crippen LogP contribution in [0.5, 0.6) is 0 Å². The summed E-state index contributed by atoms with van der Waals surface area (Å²) in [6.07, 6.45) is 2.28. The van der Waals surface area contributed by atoms with E-state index in [0.717, 1.165) is 63.1 Å². The minimum Gasteiger partial charge on any atom is -0.352 e. The summed E-state index contributed by atoms with van der Waals surface area (Å²) >= 11 is 5.94. The van der Waals surface area contributed by atoms with Gasteiger partial charge in [0.2, 0.25) is 5.91 Å². The molecule has 0 radical (unpaired) electrons. The molecule has 1 aromatic rings. The molecule has 148 valence electrons. The molecule has 1 unspecified atom stereocenters. The fraction of sp³-hybridized carbons (Fsp3) is 0.600. The molecule has 3 rings (SSSR count). The van der Waals surface area contributed by atoms with Crippen LogP contribution in [0.4, 0.5) is 0 Å². The van der Waals surface area contributed by atoms with Crippen molar-refractivity contribution >= 4 is 23.5 Å². The normalized spacial score (nSPS) is 20.0. The lowest BCUT2D eigenvalue weighted by Gasteiger charge is -2.39. The molecule has 2 saturated heterocycles. The van der Waals surface area contributed by atoms with E-state index in [2.05, 4.69) is 20.1 Å². The van der Waals surface area contributed by atoms with E-state index in [4.69, 9.17) is 11.6 Å². The number of piperazine rings is 1. The lowest BCUT2D eigenvalue weighted by Crippen LogP contribution is -2.57. The summed E-state index contributed by atoms with van der Waals surface area (Å²) in [6, 6.07) is 7.81. The van der Waals surface area contributed by atoms with Gasteiger partial charge in [0, 0.05) is 57.9 Å². The van der Waals surface area contributed by atoms with Gasteiger partial charge in [-0.05, 0) is 37.5 Å². The summed E-state index contributed by atoms with van der Waals surface area (Å²) in [6.45, 7) is 8.10. The predicted octanol–water partition coefficient (Wildman–Crippen LogP) is 2.04. The highest BCUT2D eigenvalue weighted by molar-refractivity contribution is 6.30. The third-order valence-electron chi connectivity index (χ3n) is 5.51. The summed E-state index contributed by atoms with van der Waals surface area (Å²) in [7, 11) is 1.82. The Labute approximate surface area is 167 Å². The number of carbonyl (C=O) groups excluding carboxylic acids is 1. The minimum absolute atomic E-state index is 0.0331. The summed E-state index contributed by atoms with van der Waals surface area (Å²) in [5.41, 5.74) is 1.17. The van der Waals surface area contributed by atoms with Gasteiger partial charge in [0.1, 0.15) is 0 Å². The zero-order chi connectivity index (χ0) is 19.2. The average Bonchev–Trinajstić information content (AvgIpc) is 3.24. The van der Waals surface area contributed by atoms with Gasteiger partial charge in [-0.3, -0.25) is 14.7 Å². The zero-order valence-corrected chi connectivity index (χ0v) is 17.1. The highest BCUT2D eigenvalue weighted by atomic mass is 35.5. The molecule has 7 heteroatoms. The number of hydrogen-bond donors (Lipinski definition) is 1. The van der Waals surface area contributed by atoms with E-state index in [1.807, 2.05) is 43.1 Å². The van der Waals surface area contributed by atoms with E-state index in [1.54, 1.807) is 0 Å². The second-order valence-electron chi connectivity index (χ2n) is 7.26. The lowest BCUT2D eigenvalue weighted by atomic mass is 10.2. The van der Waals surface area contributed by atoms with Gasteiger partial charge in [-0.15, -0.1) is 0 Å². The quantitative estimate of drug-likeness (QED) is 0.630. The topological polar surface area (TPSA) is 51.2 Å². The molecule has 0 saturated carbocycles. The van der Waals surface area contributed by atoms with E-state index in [-0.39, 0.29) is 11.9 Å². The first-order chi connectivity index (χ1) is 13.1. The molecule has 2 heterocycles. The van der Waals surface area contributed by atoms with Crippen molar-refractivity contribution in [1.29, 1.82) is 0 Å². The van der Waals surface area contributed by atoms with Crippen LogP contribution in [0.2, 0.25) is 5.02 Å². The summed E-state index contributed by atoms with van der Waals surface area (Å²) in [5, 5.41) is 4.17. The molecule has 1 atom stereocenters. The van der Waals surface area contributed by atoms with Gasteiger partial charge in [0.25, 0.3) is 0 Å². The first-order valence-corrected chi connectivity index (χ1v) is 10.2. The first-order valence-electron chi connectivity index (χ1n) is 9.81. The molecule has 0 bridgehead atoms. The molecule has 6 nitrogen and oxygen atoms in total. The molecule has 2 aliphatic rings. The number of nitrogens with zero attached hydrogens (tertiary/aromatic N) is 4. The van der Waals surface area contributed by atoms with Crippen LogP contribution < -0.4 is 5.32 Å². The van der Waals surface area contributed by atoms with Crippen LogP contribution in [0.15, 0.2) is 29.3 Å². The molecule has 0 aliphatic carbocycles. The van der Waals surface area contributed by atoms with E-state index >= 15 is 0 Å². The molecule has 0 aromatic heterocycles. The van der Waals surface area contributed by atoms with Crippen molar-refractivity contribution < 1.29 is 4.79 Å². The standard InChI is InChI=1S/C20H30ClN5O/c1-16(19(27)25-9-3-4-10-25)24-11-13-26(14-12-24)20(22-2)23-15-17-5-7-18(21)8-6-17/h5-8,16H,3-4,9-15H2,1-2H3,(H,22,23). The van der Waals surface area contributed by atoms with Crippen LogP contribution in [0, 0.1) is 0 Å². The number of nitrogens with one attached hydrogen (secondary N) is 1. The second-order valence-corrected chi connectivity index (χ2v) is 7.70. The number of likely N-dealkylation sites (tertiary alicyclic amines) is 1. The van der Waals surface area contributed by atoms with Crippen molar-refractivity contribution in [3.63, 3.8) is 0 Å². The number of rotatable bonds is 4. The summed E-state index contributed by atoms with van der Waals surface area (Å²) in [4.78, 5) is 23.6. The number of halogens is 1. The Balaban J connectivity index is 1.48. The Hall–Kier alpha value is -1.79. The van der Waals surface area contributed by atoms with Crippen LogP contribution in [-0.4, -0.2) is 78.9 Å². The molecule has 2 aliphatic heterocycles. The maximum atomic E-state index is 12.6. The summed E-state index contributed by atoms with van der Waals surface area (Å²) in [5.74, 6) is 1.19. The number of amides is 1. The fourth-order valence-electron chi connectivity index (χ4n) is 3.79. The van der Waals surface area contributed by atoms with Gasteiger partial charge in [0.15, 0.2) is 5.96 Å². The maximum Gasteiger partial charge on any atom is 0.239 e. The minimum atomic E-state index is -0.0331. The van der Waals surface area contributed by atoms with Crippen LogP contribution in [0.25, 0.3) is 0 Å². The number of hydrogen-bond acceptors (Lipinski definition) is 3. The highest BCUT2D eigenvalue weighted by Crippen LogP contribution is 2.14. The lowest BCUT2D eigenvalue weighted by molar-refractivity contribution is -0.135. The van der Waals surface area contributed by atoms with E-state index in [9.17, 15) is 4.79 Å². The molecular formula is C20H30ClN5O. The first kappa shape index (κ1) is 20.0. The van der Waals surface area contributed by atoms with Crippen molar-refractivity contribution in [1.82, 2.24) is 20.0 Å². The third kappa shape index (κ3) is 5.14. The molecule has 1 N–H and O–H groups in total. The van der Waals surface area contributed by atoms with Crippen LogP contribution in [0.3, 0.4) is 0 Å². The third-order valence-corrected chi connectivity index (χ3v) is 5.76. The van der Waals surface area contributed by atoms with Crippen molar-refractivity contribution in [2.75, 3.05) is 46.3 Å². The van der Waals surface area contributed by atoms with Gasteiger partial charge in [-0.1, -0.05) is 23.7 Å². The Bertz CT molecular complexity index is 649. The number of carbonyl (C=O) groups is 1. The van der Waals surface area contributed by atoms with Crippen LogP contribution in [0.1, 0.15) is 25.3 Å². The smallest absolute Gasteiger partial charge is 0.239 e. The van der Waals surface area contributed by atoms with Gasteiger partial charge >= 0.3 is 0 Å². The van der Waals surface area contributed by atoms with Crippen molar-refractivity contribution in [2.45, 2.75) is 32.4 Å². The Morgan fingerprint density at radius 2 is 1.70 bits per heavy atom. The molecule has 1 amide bonds. The van der Waals surface area contributed by atoms with Gasteiger partial charge < -0.3 is 15.1 Å². The molecular weight excluding hydrogens is 362 g/mol. The van der Waals surface area contributed by atoms with E-state index in [0.29, 0.717) is 6.54 Å².